The molecule has 0 aliphatic carbocycles. The highest BCUT2D eigenvalue weighted by atomic mass is 16.5. The first-order valence-corrected chi connectivity index (χ1v) is 6.22. The molecule has 1 atom stereocenters. The lowest BCUT2D eigenvalue weighted by atomic mass is 10.0. The van der Waals surface area contributed by atoms with Crippen LogP contribution < -0.4 is 9.64 Å². The van der Waals surface area contributed by atoms with Crippen LogP contribution in [0.15, 0.2) is 42.5 Å². The second-order valence-corrected chi connectivity index (χ2v) is 4.91. The maximum atomic E-state index is 6.05. The number of para-hydroxylation sites is 2. The molecule has 0 bridgehead atoms. The fourth-order valence-electron chi connectivity index (χ4n) is 2.55. The molecule has 0 N–H and O–H groups in total. The number of ether oxygens (including phenoxy) is 1. The summed E-state index contributed by atoms with van der Waals surface area (Å²) in [5.41, 5.74) is 4.95. The Kier molecular flexibility index (Phi) is 2.51. The Balaban J connectivity index is 2.01. The number of anilines is 1. The smallest absolute Gasteiger partial charge is 0.199 e. The van der Waals surface area contributed by atoms with Gasteiger partial charge in [-0.1, -0.05) is 35.9 Å². The van der Waals surface area contributed by atoms with Gasteiger partial charge in [0.15, 0.2) is 6.23 Å². The van der Waals surface area contributed by atoms with Crippen LogP contribution in [0.2, 0.25) is 0 Å². The number of aryl methyl sites for hydroxylation is 2. The maximum Gasteiger partial charge on any atom is 0.199 e. The highest BCUT2D eigenvalue weighted by Gasteiger charge is 2.29. The average molecular weight is 239 g/mol. The van der Waals surface area contributed by atoms with Gasteiger partial charge in [0.05, 0.1) is 5.69 Å². The van der Waals surface area contributed by atoms with E-state index in [2.05, 4.69) is 50.1 Å². The van der Waals surface area contributed by atoms with Crippen LogP contribution in [0.5, 0.6) is 5.75 Å². The van der Waals surface area contributed by atoms with Crippen molar-refractivity contribution in [1.82, 2.24) is 0 Å². The Hall–Kier alpha value is -1.96. The van der Waals surface area contributed by atoms with Crippen molar-refractivity contribution in [2.24, 2.45) is 0 Å². The second kappa shape index (κ2) is 4.05. The van der Waals surface area contributed by atoms with Gasteiger partial charge in [0.25, 0.3) is 0 Å². The third kappa shape index (κ3) is 1.65. The average Bonchev–Trinajstić information content (AvgIpc) is 2.68. The molecule has 0 radical (unpaired) electrons. The summed E-state index contributed by atoms with van der Waals surface area (Å²) in [4.78, 5) is 2.19. The third-order valence-corrected chi connectivity index (χ3v) is 3.53. The van der Waals surface area contributed by atoms with Gasteiger partial charge in [-0.2, -0.15) is 0 Å². The molecule has 0 fully saturated rings. The number of hydrogen-bond acceptors (Lipinski definition) is 2. The van der Waals surface area contributed by atoms with Gasteiger partial charge in [-0.15, -0.1) is 0 Å². The molecule has 0 amide bonds. The Bertz CT molecular complexity index is 591. The maximum absolute atomic E-state index is 6.05. The van der Waals surface area contributed by atoms with E-state index in [-0.39, 0.29) is 6.23 Å². The molecular weight excluding hydrogens is 222 g/mol. The van der Waals surface area contributed by atoms with Crippen LogP contribution in [-0.2, 0) is 0 Å². The lowest BCUT2D eigenvalue weighted by molar-refractivity contribution is 0.234. The fourth-order valence-corrected chi connectivity index (χ4v) is 2.55. The van der Waals surface area contributed by atoms with Crippen LogP contribution in [0.25, 0.3) is 0 Å². The molecule has 2 heteroatoms. The monoisotopic (exact) mass is 239 g/mol. The third-order valence-electron chi connectivity index (χ3n) is 3.53. The van der Waals surface area contributed by atoms with Crippen molar-refractivity contribution in [2.75, 3.05) is 11.9 Å². The predicted molar refractivity (Wildman–Crippen MR) is 74.1 cm³/mol. The summed E-state index contributed by atoms with van der Waals surface area (Å²) in [6, 6.07) is 14.7. The van der Waals surface area contributed by atoms with E-state index in [1.807, 2.05) is 18.2 Å². The number of fused-ring (bicyclic) bond motifs is 1. The second-order valence-electron chi connectivity index (χ2n) is 4.91. The van der Waals surface area contributed by atoms with Gasteiger partial charge >= 0.3 is 0 Å². The summed E-state index contributed by atoms with van der Waals surface area (Å²) in [6.45, 7) is 4.26. The van der Waals surface area contributed by atoms with Crippen molar-refractivity contribution in [2.45, 2.75) is 20.1 Å². The number of hydrogen-bond donors (Lipinski definition) is 0. The minimum absolute atomic E-state index is 0.0111. The van der Waals surface area contributed by atoms with E-state index in [1.165, 1.54) is 16.7 Å². The number of nitrogens with zero attached hydrogens (tertiary/aromatic N) is 1. The minimum Gasteiger partial charge on any atom is -0.464 e. The summed E-state index contributed by atoms with van der Waals surface area (Å²) in [7, 11) is 2.08. The van der Waals surface area contributed by atoms with Gasteiger partial charge in [0.2, 0.25) is 0 Å². The first-order chi connectivity index (χ1) is 8.66. The summed E-state index contributed by atoms with van der Waals surface area (Å²) in [6.07, 6.45) is -0.0111. The molecule has 1 aliphatic rings. The molecule has 18 heavy (non-hydrogen) atoms. The van der Waals surface area contributed by atoms with Crippen molar-refractivity contribution in [3.05, 3.63) is 59.2 Å². The molecule has 0 saturated carbocycles. The molecule has 3 rings (SSSR count). The largest absolute Gasteiger partial charge is 0.464 e. The van der Waals surface area contributed by atoms with Crippen molar-refractivity contribution in [1.29, 1.82) is 0 Å². The first kappa shape index (κ1) is 11.1. The van der Waals surface area contributed by atoms with Gasteiger partial charge in [-0.25, -0.2) is 0 Å². The number of rotatable bonds is 1. The molecule has 1 aliphatic heterocycles. The highest BCUT2D eigenvalue weighted by molar-refractivity contribution is 5.62. The van der Waals surface area contributed by atoms with Crippen LogP contribution in [0.1, 0.15) is 22.9 Å². The molecule has 0 aromatic heterocycles. The quantitative estimate of drug-likeness (QED) is 0.750. The van der Waals surface area contributed by atoms with E-state index < -0.39 is 0 Å². The topological polar surface area (TPSA) is 12.5 Å². The standard InChI is InChI=1S/C16H17NO/c1-11-8-9-13(12(2)10-11)16-17(3)14-6-4-5-7-15(14)18-16/h4-10,16H,1-3H3. The molecule has 2 nitrogen and oxygen atoms in total. The van der Waals surface area contributed by atoms with Crippen LogP contribution in [0.3, 0.4) is 0 Å². The highest BCUT2D eigenvalue weighted by Crippen LogP contribution is 2.42. The van der Waals surface area contributed by atoms with E-state index in [1.54, 1.807) is 0 Å². The van der Waals surface area contributed by atoms with Gasteiger partial charge in [0, 0.05) is 12.6 Å². The Morgan fingerprint density at radius 3 is 2.56 bits per heavy atom. The molecular formula is C16H17NO. The zero-order valence-corrected chi connectivity index (χ0v) is 11.0. The molecule has 0 saturated heterocycles. The SMILES string of the molecule is Cc1ccc(C2Oc3ccccc3N2C)c(C)c1. The van der Waals surface area contributed by atoms with E-state index in [4.69, 9.17) is 4.74 Å². The van der Waals surface area contributed by atoms with Crippen LogP contribution >= 0.6 is 0 Å². The van der Waals surface area contributed by atoms with Crippen molar-refractivity contribution in [3.8, 4) is 5.75 Å². The molecule has 2 aromatic carbocycles. The summed E-state index contributed by atoms with van der Waals surface area (Å²) in [5.74, 6) is 0.963. The first-order valence-electron chi connectivity index (χ1n) is 6.22. The van der Waals surface area contributed by atoms with E-state index in [9.17, 15) is 0 Å². The summed E-state index contributed by atoms with van der Waals surface area (Å²) in [5, 5.41) is 0. The minimum atomic E-state index is -0.0111. The molecule has 0 spiro atoms. The van der Waals surface area contributed by atoms with E-state index in [0.29, 0.717) is 0 Å². The normalized spacial score (nSPS) is 17.5. The molecule has 92 valence electrons. The van der Waals surface area contributed by atoms with Gasteiger partial charge in [-0.3, -0.25) is 0 Å². The Morgan fingerprint density at radius 2 is 1.83 bits per heavy atom. The molecule has 1 unspecified atom stereocenters. The zero-order chi connectivity index (χ0) is 12.7. The van der Waals surface area contributed by atoms with Gasteiger partial charge < -0.3 is 9.64 Å². The molecule has 1 heterocycles. The van der Waals surface area contributed by atoms with Crippen molar-refractivity contribution >= 4 is 5.69 Å². The molecule has 2 aromatic rings. The van der Waals surface area contributed by atoms with Crippen molar-refractivity contribution < 1.29 is 4.74 Å². The zero-order valence-electron chi connectivity index (χ0n) is 11.0. The predicted octanol–water partition coefficient (Wildman–Crippen LogP) is 3.83. The van der Waals surface area contributed by atoms with Crippen molar-refractivity contribution in [3.63, 3.8) is 0 Å². The van der Waals surface area contributed by atoms with E-state index >= 15 is 0 Å². The lowest BCUT2D eigenvalue weighted by Crippen LogP contribution is -2.23. The van der Waals surface area contributed by atoms with Crippen LogP contribution in [0, 0.1) is 13.8 Å². The van der Waals surface area contributed by atoms with Crippen LogP contribution in [-0.4, -0.2) is 7.05 Å². The lowest BCUT2D eigenvalue weighted by Gasteiger charge is -2.22. The fraction of sp³-hybridized carbons (Fsp3) is 0.250. The summed E-state index contributed by atoms with van der Waals surface area (Å²) >= 11 is 0. The summed E-state index contributed by atoms with van der Waals surface area (Å²) < 4.78 is 6.05. The van der Waals surface area contributed by atoms with E-state index in [0.717, 1.165) is 11.4 Å². The van der Waals surface area contributed by atoms with Gasteiger partial charge in [-0.05, 0) is 31.5 Å². The Morgan fingerprint density at radius 1 is 1.06 bits per heavy atom. The number of benzene rings is 2. The Labute approximate surface area is 108 Å². The van der Waals surface area contributed by atoms with Gasteiger partial charge in [0.1, 0.15) is 5.75 Å². The van der Waals surface area contributed by atoms with Crippen LogP contribution in [0.4, 0.5) is 5.69 Å².